The summed E-state index contributed by atoms with van der Waals surface area (Å²) in [5.74, 6) is 0. The first-order valence-corrected chi connectivity index (χ1v) is 4.67. The van der Waals surface area contributed by atoms with Crippen LogP contribution < -0.4 is 10.4 Å². The van der Waals surface area contributed by atoms with E-state index in [2.05, 4.69) is 0 Å². The highest BCUT2D eigenvalue weighted by Gasteiger charge is 1.99. The standard InChI is InChI=1S/C6H6O2Si2/c7-9-5-3-1-2-4-6(5)10-8/h1-4,7-8H. The first-order valence-electron chi connectivity index (χ1n) is 2.77. The van der Waals surface area contributed by atoms with Crippen LogP contribution in [0.5, 0.6) is 0 Å². The molecule has 0 aliphatic rings. The fourth-order valence-corrected chi connectivity index (χ4v) is 1.76. The van der Waals surface area contributed by atoms with E-state index in [4.69, 9.17) is 9.59 Å². The molecule has 50 valence electrons. The summed E-state index contributed by atoms with van der Waals surface area (Å²) in [6.07, 6.45) is 0. The van der Waals surface area contributed by atoms with Gasteiger partial charge in [-0.2, -0.15) is 0 Å². The van der Waals surface area contributed by atoms with E-state index in [1.165, 1.54) is 0 Å². The van der Waals surface area contributed by atoms with Crippen molar-refractivity contribution >= 4 is 29.9 Å². The minimum atomic E-state index is -0.217. The lowest BCUT2D eigenvalue weighted by molar-refractivity contribution is 0.611. The van der Waals surface area contributed by atoms with E-state index in [1.54, 1.807) is 0 Å². The van der Waals surface area contributed by atoms with Crippen LogP contribution in [0.3, 0.4) is 0 Å². The highest BCUT2D eigenvalue weighted by molar-refractivity contribution is 6.59. The monoisotopic (exact) mass is 166 g/mol. The lowest BCUT2D eigenvalue weighted by atomic mass is 10.4. The molecule has 0 fully saturated rings. The summed E-state index contributed by atoms with van der Waals surface area (Å²) >= 11 is 0. The van der Waals surface area contributed by atoms with Crippen molar-refractivity contribution in [3.8, 4) is 0 Å². The van der Waals surface area contributed by atoms with E-state index in [0.29, 0.717) is 0 Å². The molecule has 10 heavy (non-hydrogen) atoms. The van der Waals surface area contributed by atoms with Crippen molar-refractivity contribution in [1.29, 1.82) is 0 Å². The third kappa shape index (κ3) is 1.54. The van der Waals surface area contributed by atoms with Crippen molar-refractivity contribution in [3.63, 3.8) is 0 Å². The molecular formula is C6H6O2Si2. The third-order valence-electron chi connectivity index (χ3n) is 1.17. The van der Waals surface area contributed by atoms with Crippen LogP contribution >= 0.6 is 0 Å². The van der Waals surface area contributed by atoms with Gasteiger partial charge in [0.2, 0.25) is 0 Å². The molecule has 0 aromatic heterocycles. The molecule has 4 radical (unpaired) electrons. The lowest BCUT2D eigenvalue weighted by Crippen LogP contribution is -2.35. The van der Waals surface area contributed by atoms with Crippen molar-refractivity contribution < 1.29 is 9.59 Å². The van der Waals surface area contributed by atoms with Gasteiger partial charge in [-0.05, 0) is 10.4 Å². The molecule has 0 aliphatic carbocycles. The molecule has 2 nitrogen and oxygen atoms in total. The Balaban J connectivity index is 2.96. The van der Waals surface area contributed by atoms with Crippen LogP contribution in [0.1, 0.15) is 0 Å². The first kappa shape index (κ1) is 7.68. The zero-order valence-electron chi connectivity index (χ0n) is 5.20. The largest absolute Gasteiger partial charge is 0.428 e. The predicted molar refractivity (Wildman–Crippen MR) is 41.7 cm³/mol. The second-order valence-corrected chi connectivity index (χ2v) is 3.29. The van der Waals surface area contributed by atoms with Gasteiger partial charge in [-0.15, -0.1) is 0 Å². The van der Waals surface area contributed by atoms with E-state index in [9.17, 15) is 0 Å². The Kier molecular flexibility index (Phi) is 2.82. The highest BCUT2D eigenvalue weighted by Crippen LogP contribution is 1.77. The highest BCUT2D eigenvalue weighted by atomic mass is 28.2. The second kappa shape index (κ2) is 3.67. The predicted octanol–water partition coefficient (Wildman–Crippen LogP) is -1.84. The van der Waals surface area contributed by atoms with Gasteiger partial charge in [0.05, 0.1) is 0 Å². The molecule has 1 aromatic rings. The van der Waals surface area contributed by atoms with Crippen LogP contribution in [0.25, 0.3) is 0 Å². The number of hydrogen-bond acceptors (Lipinski definition) is 2. The molecule has 0 saturated heterocycles. The molecule has 0 unspecified atom stereocenters. The van der Waals surface area contributed by atoms with Gasteiger partial charge in [-0.3, -0.25) is 0 Å². The van der Waals surface area contributed by atoms with Crippen LogP contribution in [0, 0.1) is 0 Å². The van der Waals surface area contributed by atoms with Crippen molar-refractivity contribution in [2.75, 3.05) is 0 Å². The van der Waals surface area contributed by atoms with Crippen molar-refractivity contribution in [3.05, 3.63) is 24.3 Å². The molecule has 1 rings (SSSR count). The summed E-state index contributed by atoms with van der Waals surface area (Å²) in [7, 11) is -0.435. The smallest absolute Gasteiger partial charge is 0.265 e. The SMILES string of the molecule is O[Si]c1ccccc1[Si]O. The van der Waals surface area contributed by atoms with E-state index in [0.717, 1.165) is 10.4 Å². The molecule has 0 bridgehead atoms. The second-order valence-electron chi connectivity index (χ2n) is 1.77. The minimum absolute atomic E-state index is 0.217. The first-order chi connectivity index (χ1) is 4.88. The minimum Gasteiger partial charge on any atom is -0.428 e. The van der Waals surface area contributed by atoms with Crippen LogP contribution in [-0.4, -0.2) is 29.1 Å². The fourth-order valence-electron chi connectivity index (χ4n) is 0.678. The number of hydrogen-bond donors (Lipinski definition) is 2. The van der Waals surface area contributed by atoms with E-state index in [-0.39, 0.29) is 19.5 Å². The maximum Gasteiger partial charge on any atom is 0.265 e. The summed E-state index contributed by atoms with van der Waals surface area (Å²) in [6, 6.07) is 7.33. The van der Waals surface area contributed by atoms with Crippen molar-refractivity contribution in [2.45, 2.75) is 0 Å². The molecule has 0 atom stereocenters. The van der Waals surface area contributed by atoms with Gasteiger partial charge in [0, 0.05) is 0 Å². The molecule has 0 amide bonds. The van der Waals surface area contributed by atoms with E-state index >= 15 is 0 Å². The quantitative estimate of drug-likeness (QED) is 0.507. The molecular weight excluding hydrogens is 160 g/mol. The Labute approximate surface area is 64.4 Å². The van der Waals surface area contributed by atoms with Gasteiger partial charge in [0.25, 0.3) is 19.5 Å². The maximum atomic E-state index is 8.77. The average molecular weight is 166 g/mol. The zero-order chi connectivity index (χ0) is 7.40. The third-order valence-corrected chi connectivity index (χ3v) is 2.77. The fraction of sp³-hybridized carbons (Fsp3) is 0. The molecule has 2 N–H and O–H groups in total. The molecule has 0 heterocycles. The number of rotatable bonds is 2. The van der Waals surface area contributed by atoms with Gasteiger partial charge in [0.15, 0.2) is 0 Å². The molecule has 4 heteroatoms. The molecule has 0 spiro atoms. The van der Waals surface area contributed by atoms with Gasteiger partial charge in [-0.25, -0.2) is 0 Å². The summed E-state index contributed by atoms with van der Waals surface area (Å²) in [5, 5.41) is 1.67. The molecule has 1 aromatic carbocycles. The van der Waals surface area contributed by atoms with Crippen LogP contribution in [-0.2, 0) is 0 Å². The van der Waals surface area contributed by atoms with Gasteiger partial charge in [0.1, 0.15) is 0 Å². The summed E-state index contributed by atoms with van der Waals surface area (Å²) in [4.78, 5) is 17.5. The Hall–Kier alpha value is -0.426. The van der Waals surface area contributed by atoms with E-state index < -0.39 is 0 Å². The van der Waals surface area contributed by atoms with Crippen LogP contribution in [0.15, 0.2) is 24.3 Å². The maximum absolute atomic E-state index is 8.77. The van der Waals surface area contributed by atoms with Crippen molar-refractivity contribution in [2.24, 2.45) is 0 Å². The van der Waals surface area contributed by atoms with Gasteiger partial charge in [-0.1, -0.05) is 24.3 Å². The molecule has 0 aliphatic heterocycles. The Morgan fingerprint density at radius 1 is 0.900 bits per heavy atom. The van der Waals surface area contributed by atoms with Crippen LogP contribution in [0.2, 0.25) is 0 Å². The average Bonchev–Trinajstić information content (AvgIpc) is 2.04. The summed E-state index contributed by atoms with van der Waals surface area (Å²) < 4.78 is 0. The van der Waals surface area contributed by atoms with Crippen LogP contribution in [0.4, 0.5) is 0 Å². The zero-order valence-corrected chi connectivity index (χ0v) is 7.20. The summed E-state index contributed by atoms with van der Waals surface area (Å²) in [6.45, 7) is 0. The Morgan fingerprint density at radius 3 is 1.60 bits per heavy atom. The van der Waals surface area contributed by atoms with Gasteiger partial charge >= 0.3 is 0 Å². The topological polar surface area (TPSA) is 40.5 Å². The molecule has 0 saturated carbocycles. The number of benzene rings is 1. The normalized spacial score (nSPS) is 9.80. The lowest BCUT2D eigenvalue weighted by Gasteiger charge is -1.98. The van der Waals surface area contributed by atoms with E-state index in [1.807, 2.05) is 24.3 Å². The van der Waals surface area contributed by atoms with Crippen molar-refractivity contribution in [1.82, 2.24) is 0 Å². The Morgan fingerprint density at radius 2 is 1.30 bits per heavy atom. The van der Waals surface area contributed by atoms with Gasteiger partial charge < -0.3 is 9.59 Å². The Bertz CT molecular complexity index is 192. The summed E-state index contributed by atoms with van der Waals surface area (Å²) in [5.41, 5.74) is 0.